The molecule has 0 bridgehead atoms. The number of aryl methyl sites for hydroxylation is 1. The molecule has 4 atom stereocenters. The first kappa shape index (κ1) is 14.6. The van der Waals surface area contributed by atoms with Crippen molar-refractivity contribution in [3.8, 4) is 0 Å². The molecule has 0 radical (unpaired) electrons. The number of rotatable bonds is 4. The summed E-state index contributed by atoms with van der Waals surface area (Å²) in [6, 6.07) is 2.42. The molecular weight excluding hydrogens is 236 g/mol. The Kier molecular flexibility index (Phi) is 4.69. The second-order valence-corrected chi connectivity index (χ2v) is 6.58. The van der Waals surface area contributed by atoms with Gasteiger partial charge in [-0.2, -0.15) is 0 Å². The second-order valence-electron chi connectivity index (χ2n) is 6.58. The van der Waals surface area contributed by atoms with E-state index in [1.165, 1.54) is 18.4 Å². The molecule has 0 saturated heterocycles. The molecule has 108 valence electrons. The van der Waals surface area contributed by atoms with Crippen LogP contribution < -0.4 is 5.73 Å². The van der Waals surface area contributed by atoms with Crippen LogP contribution in [0.4, 0.5) is 0 Å². The lowest BCUT2D eigenvalue weighted by Gasteiger charge is -2.39. The Morgan fingerprint density at radius 1 is 1.37 bits per heavy atom. The lowest BCUT2D eigenvalue weighted by molar-refractivity contribution is 0.127. The van der Waals surface area contributed by atoms with Gasteiger partial charge in [0.05, 0.1) is 6.26 Å². The van der Waals surface area contributed by atoms with Crippen molar-refractivity contribution in [2.45, 2.75) is 46.2 Å². The van der Waals surface area contributed by atoms with Gasteiger partial charge in [-0.15, -0.1) is 0 Å². The van der Waals surface area contributed by atoms with Crippen LogP contribution in [0.25, 0.3) is 0 Å². The van der Waals surface area contributed by atoms with Crippen molar-refractivity contribution in [3.63, 3.8) is 0 Å². The smallest absolute Gasteiger partial charge is 0.105 e. The molecule has 0 amide bonds. The summed E-state index contributed by atoms with van der Waals surface area (Å²) in [4.78, 5) is 2.38. The lowest BCUT2D eigenvalue weighted by atomic mass is 9.72. The van der Waals surface area contributed by atoms with Crippen LogP contribution >= 0.6 is 0 Å². The molecular formula is C16H28N2O. The summed E-state index contributed by atoms with van der Waals surface area (Å²) in [5.41, 5.74) is 7.65. The van der Waals surface area contributed by atoms with Crippen LogP contribution in [0.5, 0.6) is 0 Å². The molecule has 1 aromatic heterocycles. The Bertz CT molecular complexity index is 389. The minimum Gasteiger partial charge on any atom is -0.469 e. The summed E-state index contributed by atoms with van der Waals surface area (Å²) >= 11 is 0. The van der Waals surface area contributed by atoms with E-state index in [0.29, 0.717) is 12.0 Å². The van der Waals surface area contributed by atoms with Gasteiger partial charge in [-0.1, -0.05) is 13.8 Å². The third-order valence-electron chi connectivity index (χ3n) is 4.66. The SMILES string of the molecule is Cc1occc1CN(C)CC1C(C)CC(C)CC1N. The molecule has 1 saturated carbocycles. The van der Waals surface area contributed by atoms with E-state index >= 15 is 0 Å². The van der Waals surface area contributed by atoms with Crippen LogP contribution in [0.3, 0.4) is 0 Å². The highest BCUT2D eigenvalue weighted by Gasteiger charge is 2.32. The van der Waals surface area contributed by atoms with E-state index in [4.69, 9.17) is 10.2 Å². The first-order valence-electron chi connectivity index (χ1n) is 7.44. The molecule has 4 unspecified atom stereocenters. The number of hydrogen-bond donors (Lipinski definition) is 1. The van der Waals surface area contributed by atoms with Crippen LogP contribution in [0.15, 0.2) is 16.7 Å². The van der Waals surface area contributed by atoms with E-state index in [1.807, 2.05) is 6.92 Å². The quantitative estimate of drug-likeness (QED) is 0.909. The van der Waals surface area contributed by atoms with E-state index in [1.54, 1.807) is 6.26 Å². The van der Waals surface area contributed by atoms with Gasteiger partial charge in [0.1, 0.15) is 5.76 Å². The first-order valence-corrected chi connectivity index (χ1v) is 7.44. The van der Waals surface area contributed by atoms with Gasteiger partial charge in [-0.3, -0.25) is 0 Å². The van der Waals surface area contributed by atoms with E-state index < -0.39 is 0 Å². The zero-order valence-corrected chi connectivity index (χ0v) is 12.7. The van der Waals surface area contributed by atoms with Crippen LogP contribution in [-0.2, 0) is 6.54 Å². The summed E-state index contributed by atoms with van der Waals surface area (Å²) in [7, 11) is 2.18. The third kappa shape index (κ3) is 3.61. The molecule has 0 aliphatic heterocycles. The molecule has 1 aliphatic rings. The molecule has 3 heteroatoms. The maximum Gasteiger partial charge on any atom is 0.105 e. The number of furan rings is 1. The van der Waals surface area contributed by atoms with Crippen LogP contribution in [0, 0.1) is 24.7 Å². The Hall–Kier alpha value is -0.800. The molecule has 19 heavy (non-hydrogen) atoms. The Balaban J connectivity index is 1.91. The van der Waals surface area contributed by atoms with Crippen LogP contribution in [0.2, 0.25) is 0 Å². The van der Waals surface area contributed by atoms with Gasteiger partial charge >= 0.3 is 0 Å². The first-order chi connectivity index (χ1) is 8.97. The Morgan fingerprint density at radius 2 is 2.11 bits per heavy atom. The predicted molar refractivity (Wildman–Crippen MR) is 78.8 cm³/mol. The van der Waals surface area contributed by atoms with E-state index in [-0.39, 0.29) is 0 Å². The normalized spacial score (nSPS) is 31.9. The monoisotopic (exact) mass is 264 g/mol. The number of hydrogen-bond acceptors (Lipinski definition) is 3. The Labute approximate surface area is 117 Å². The minimum absolute atomic E-state index is 0.353. The topological polar surface area (TPSA) is 42.4 Å². The van der Waals surface area contributed by atoms with Gasteiger partial charge in [0.15, 0.2) is 0 Å². The Morgan fingerprint density at radius 3 is 2.68 bits per heavy atom. The van der Waals surface area contributed by atoms with Crippen molar-refractivity contribution >= 4 is 0 Å². The average Bonchev–Trinajstić information content (AvgIpc) is 2.69. The van der Waals surface area contributed by atoms with Crippen LogP contribution in [-0.4, -0.2) is 24.5 Å². The van der Waals surface area contributed by atoms with E-state index in [0.717, 1.165) is 30.7 Å². The van der Waals surface area contributed by atoms with Crippen molar-refractivity contribution in [2.24, 2.45) is 23.5 Å². The van der Waals surface area contributed by atoms with E-state index in [2.05, 4.69) is 31.9 Å². The highest BCUT2D eigenvalue weighted by molar-refractivity contribution is 5.15. The minimum atomic E-state index is 0.353. The van der Waals surface area contributed by atoms with Crippen LogP contribution in [0.1, 0.15) is 38.0 Å². The summed E-state index contributed by atoms with van der Waals surface area (Å²) in [6.07, 6.45) is 4.26. The van der Waals surface area contributed by atoms with Gasteiger partial charge in [0.2, 0.25) is 0 Å². The van der Waals surface area contributed by atoms with Crippen molar-refractivity contribution in [1.82, 2.24) is 4.90 Å². The number of nitrogens with two attached hydrogens (primary N) is 1. The molecule has 1 aliphatic carbocycles. The summed E-state index contributed by atoms with van der Waals surface area (Å²) in [6.45, 7) is 8.75. The van der Waals surface area contributed by atoms with Crippen molar-refractivity contribution in [2.75, 3.05) is 13.6 Å². The molecule has 2 N–H and O–H groups in total. The fourth-order valence-electron chi connectivity index (χ4n) is 3.57. The fourth-order valence-corrected chi connectivity index (χ4v) is 3.57. The lowest BCUT2D eigenvalue weighted by Crippen LogP contribution is -2.45. The van der Waals surface area contributed by atoms with E-state index in [9.17, 15) is 0 Å². The molecule has 1 fully saturated rings. The second kappa shape index (κ2) is 6.10. The summed E-state index contributed by atoms with van der Waals surface area (Å²) in [5.74, 6) is 3.16. The van der Waals surface area contributed by atoms with Gasteiger partial charge in [0.25, 0.3) is 0 Å². The highest BCUT2D eigenvalue weighted by atomic mass is 16.3. The van der Waals surface area contributed by atoms with Gasteiger partial charge in [-0.05, 0) is 50.6 Å². The van der Waals surface area contributed by atoms with Crippen molar-refractivity contribution in [3.05, 3.63) is 23.7 Å². The molecule has 1 heterocycles. The molecule has 0 spiro atoms. The highest BCUT2D eigenvalue weighted by Crippen LogP contribution is 2.33. The third-order valence-corrected chi connectivity index (χ3v) is 4.66. The fraction of sp³-hybridized carbons (Fsp3) is 0.750. The molecule has 0 aromatic carbocycles. The predicted octanol–water partition coefficient (Wildman–Crippen LogP) is 3.03. The zero-order valence-electron chi connectivity index (χ0n) is 12.7. The standard InChI is InChI=1S/C16H28N2O/c1-11-7-12(2)15(16(17)8-11)10-18(4)9-14-5-6-19-13(14)3/h5-6,11-12,15-16H,7-10,17H2,1-4H3. The summed E-state index contributed by atoms with van der Waals surface area (Å²) < 4.78 is 5.36. The maximum absolute atomic E-state index is 6.37. The van der Waals surface area contributed by atoms with Crippen molar-refractivity contribution in [1.29, 1.82) is 0 Å². The average molecular weight is 264 g/mol. The van der Waals surface area contributed by atoms with Gasteiger partial charge in [-0.25, -0.2) is 0 Å². The maximum atomic E-state index is 6.37. The van der Waals surface area contributed by atoms with Gasteiger partial charge < -0.3 is 15.1 Å². The van der Waals surface area contributed by atoms with Crippen molar-refractivity contribution < 1.29 is 4.42 Å². The molecule has 3 nitrogen and oxygen atoms in total. The largest absolute Gasteiger partial charge is 0.469 e. The number of nitrogens with zero attached hydrogens (tertiary/aromatic N) is 1. The zero-order chi connectivity index (χ0) is 14.0. The molecule has 2 rings (SSSR count). The molecule has 1 aromatic rings. The summed E-state index contributed by atoms with van der Waals surface area (Å²) in [5, 5.41) is 0. The van der Waals surface area contributed by atoms with Gasteiger partial charge in [0, 0.05) is 24.7 Å².